The Balaban J connectivity index is 0.00000280. The zero-order valence-corrected chi connectivity index (χ0v) is 20.6. The summed E-state index contributed by atoms with van der Waals surface area (Å²) in [6.45, 7) is 6.80. The average molecular weight is 533 g/mol. The van der Waals surface area contributed by atoms with E-state index in [1.165, 1.54) is 18.6 Å². The number of aromatic nitrogens is 1. The minimum Gasteiger partial charge on any atom is -0.497 e. The monoisotopic (exact) mass is 532 g/mol. The minimum absolute atomic E-state index is 0. The van der Waals surface area contributed by atoms with Gasteiger partial charge in [-0.05, 0) is 56.7 Å². The summed E-state index contributed by atoms with van der Waals surface area (Å²) in [5, 5.41) is 9.93. The largest absolute Gasteiger partial charge is 0.497 e. The van der Waals surface area contributed by atoms with Crippen LogP contribution in [0.1, 0.15) is 32.4 Å². The van der Waals surface area contributed by atoms with Gasteiger partial charge in [0.25, 0.3) is 0 Å². The maximum atomic E-state index is 5.21. The van der Waals surface area contributed by atoms with Crippen LogP contribution in [-0.2, 0) is 6.54 Å². The SMILES string of the molecule is CCNC(=NCc1csc(-c2ccc(OC)cc2)n1)NCC1(C)CCCS1.I. The van der Waals surface area contributed by atoms with Crippen molar-refractivity contribution >= 4 is 53.0 Å². The molecular formula is C20H29IN4OS2. The van der Waals surface area contributed by atoms with E-state index in [1.807, 2.05) is 24.3 Å². The van der Waals surface area contributed by atoms with Crippen LogP contribution in [0, 0.1) is 0 Å². The summed E-state index contributed by atoms with van der Waals surface area (Å²) in [5.41, 5.74) is 2.09. The summed E-state index contributed by atoms with van der Waals surface area (Å²) >= 11 is 3.71. The second kappa shape index (κ2) is 11.3. The number of guanidine groups is 1. The highest BCUT2D eigenvalue weighted by Gasteiger charge is 2.29. The summed E-state index contributed by atoms with van der Waals surface area (Å²) in [5.74, 6) is 2.99. The van der Waals surface area contributed by atoms with Gasteiger partial charge in [-0.25, -0.2) is 9.98 Å². The first kappa shape index (κ1) is 23.3. The third-order valence-corrected chi connectivity index (χ3v) is 7.04. The van der Waals surface area contributed by atoms with Gasteiger partial charge in [-0.2, -0.15) is 11.8 Å². The van der Waals surface area contributed by atoms with Crippen LogP contribution in [0.5, 0.6) is 5.75 Å². The molecule has 28 heavy (non-hydrogen) atoms. The number of hydrogen-bond donors (Lipinski definition) is 2. The Labute approximate surface area is 193 Å². The topological polar surface area (TPSA) is 58.5 Å². The number of thiazole rings is 1. The maximum absolute atomic E-state index is 5.21. The number of thioether (sulfide) groups is 1. The molecule has 1 aliphatic heterocycles. The molecule has 3 rings (SSSR count). The second-order valence-electron chi connectivity index (χ2n) is 6.82. The standard InChI is InChI=1S/C20H28N4OS2.HI/c1-4-21-19(23-14-20(2)10-5-11-27-20)22-12-16-13-26-18(24-16)15-6-8-17(25-3)9-7-15;/h6-9,13H,4-5,10-12,14H2,1-3H3,(H2,21,22,23);1H. The van der Waals surface area contributed by atoms with Crippen molar-refractivity contribution in [3.8, 4) is 16.3 Å². The number of methoxy groups -OCH3 is 1. The molecule has 0 saturated carbocycles. The third kappa shape index (κ3) is 6.52. The van der Waals surface area contributed by atoms with Crippen molar-refractivity contribution in [2.45, 2.75) is 38.0 Å². The highest BCUT2D eigenvalue weighted by atomic mass is 127. The van der Waals surface area contributed by atoms with Crippen molar-refractivity contribution in [3.63, 3.8) is 0 Å². The van der Waals surface area contributed by atoms with Crippen molar-refractivity contribution in [1.82, 2.24) is 15.6 Å². The minimum atomic E-state index is 0. The lowest BCUT2D eigenvalue weighted by molar-refractivity contribution is 0.415. The molecule has 1 unspecified atom stereocenters. The first-order valence-electron chi connectivity index (χ1n) is 9.37. The summed E-state index contributed by atoms with van der Waals surface area (Å²) in [6.07, 6.45) is 2.57. The zero-order valence-electron chi connectivity index (χ0n) is 16.7. The molecule has 1 saturated heterocycles. The van der Waals surface area contributed by atoms with E-state index in [4.69, 9.17) is 14.7 Å². The summed E-state index contributed by atoms with van der Waals surface area (Å²) < 4.78 is 5.53. The lowest BCUT2D eigenvalue weighted by atomic mass is 10.1. The Kier molecular flexibility index (Phi) is 9.36. The average Bonchev–Trinajstić information content (AvgIpc) is 3.34. The predicted molar refractivity (Wildman–Crippen MR) is 132 cm³/mol. The molecule has 2 heterocycles. The van der Waals surface area contributed by atoms with Gasteiger partial charge < -0.3 is 15.4 Å². The Morgan fingerprint density at radius 3 is 2.71 bits per heavy atom. The van der Waals surface area contributed by atoms with Crippen molar-refractivity contribution in [2.75, 3.05) is 26.0 Å². The van der Waals surface area contributed by atoms with Crippen molar-refractivity contribution in [2.24, 2.45) is 4.99 Å². The van der Waals surface area contributed by atoms with Gasteiger partial charge in [0.15, 0.2) is 5.96 Å². The van der Waals surface area contributed by atoms with Crippen LogP contribution in [0.15, 0.2) is 34.6 Å². The first-order valence-corrected chi connectivity index (χ1v) is 11.2. The van der Waals surface area contributed by atoms with Crippen LogP contribution in [0.25, 0.3) is 10.6 Å². The van der Waals surface area contributed by atoms with E-state index in [-0.39, 0.29) is 24.0 Å². The summed E-state index contributed by atoms with van der Waals surface area (Å²) in [6, 6.07) is 8.00. The first-order chi connectivity index (χ1) is 13.1. The second-order valence-corrected chi connectivity index (χ2v) is 9.36. The van der Waals surface area contributed by atoms with Crippen LogP contribution in [0.4, 0.5) is 0 Å². The fourth-order valence-corrected chi connectivity index (χ4v) is 5.06. The molecule has 0 radical (unpaired) electrons. The number of nitrogens with one attached hydrogen (secondary N) is 2. The highest BCUT2D eigenvalue weighted by Crippen LogP contribution is 2.36. The van der Waals surface area contributed by atoms with E-state index in [1.54, 1.807) is 18.4 Å². The van der Waals surface area contributed by atoms with E-state index >= 15 is 0 Å². The van der Waals surface area contributed by atoms with Gasteiger partial charge in [0.2, 0.25) is 0 Å². The lowest BCUT2D eigenvalue weighted by Gasteiger charge is -2.24. The molecule has 2 N–H and O–H groups in total. The van der Waals surface area contributed by atoms with Crippen LogP contribution < -0.4 is 15.4 Å². The Hall–Kier alpha value is -1.00. The van der Waals surface area contributed by atoms with Crippen molar-refractivity contribution < 1.29 is 4.74 Å². The van der Waals surface area contributed by atoms with E-state index < -0.39 is 0 Å². The van der Waals surface area contributed by atoms with Crippen LogP contribution >= 0.6 is 47.1 Å². The Bertz CT molecular complexity index is 758. The fraction of sp³-hybridized carbons (Fsp3) is 0.500. The molecule has 1 fully saturated rings. The van der Waals surface area contributed by atoms with E-state index in [2.05, 4.69) is 41.6 Å². The molecule has 8 heteroatoms. The van der Waals surface area contributed by atoms with Gasteiger partial charge in [-0.1, -0.05) is 0 Å². The molecule has 2 aromatic rings. The Morgan fingerprint density at radius 2 is 2.07 bits per heavy atom. The molecule has 0 spiro atoms. The smallest absolute Gasteiger partial charge is 0.191 e. The van der Waals surface area contributed by atoms with Crippen LogP contribution in [-0.4, -0.2) is 41.6 Å². The van der Waals surface area contributed by atoms with Gasteiger partial charge in [0.05, 0.1) is 19.3 Å². The third-order valence-electron chi connectivity index (χ3n) is 4.56. The number of hydrogen-bond acceptors (Lipinski definition) is 5. The lowest BCUT2D eigenvalue weighted by Crippen LogP contribution is -2.43. The molecule has 154 valence electrons. The molecule has 0 aliphatic carbocycles. The number of ether oxygens (including phenoxy) is 1. The van der Waals surface area contributed by atoms with Crippen LogP contribution in [0.3, 0.4) is 0 Å². The number of halogens is 1. The summed E-state index contributed by atoms with van der Waals surface area (Å²) in [7, 11) is 1.68. The number of rotatable bonds is 7. The van der Waals surface area contributed by atoms with Gasteiger partial charge >= 0.3 is 0 Å². The van der Waals surface area contributed by atoms with E-state index in [0.29, 0.717) is 11.3 Å². The van der Waals surface area contributed by atoms with E-state index in [9.17, 15) is 0 Å². The van der Waals surface area contributed by atoms with E-state index in [0.717, 1.165) is 41.1 Å². The highest BCUT2D eigenvalue weighted by molar-refractivity contribution is 14.0. The molecule has 5 nitrogen and oxygen atoms in total. The maximum Gasteiger partial charge on any atom is 0.191 e. The molecule has 0 bridgehead atoms. The molecule has 1 aromatic carbocycles. The molecule has 1 aromatic heterocycles. The Morgan fingerprint density at radius 1 is 1.29 bits per heavy atom. The van der Waals surface area contributed by atoms with Crippen LogP contribution in [0.2, 0.25) is 0 Å². The fourth-order valence-electron chi connectivity index (χ4n) is 2.99. The van der Waals surface area contributed by atoms with Gasteiger partial charge in [0, 0.05) is 28.8 Å². The summed E-state index contributed by atoms with van der Waals surface area (Å²) in [4.78, 5) is 9.45. The predicted octanol–water partition coefficient (Wildman–Crippen LogP) is 4.78. The molecule has 1 aliphatic rings. The normalized spacial score (nSPS) is 19.2. The van der Waals surface area contributed by atoms with Gasteiger partial charge in [-0.15, -0.1) is 35.3 Å². The number of nitrogens with zero attached hydrogens (tertiary/aromatic N) is 2. The quantitative estimate of drug-likeness (QED) is 0.306. The number of benzene rings is 1. The molecular weight excluding hydrogens is 503 g/mol. The zero-order chi connectivity index (χ0) is 19.1. The molecule has 0 amide bonds. The van der Waals surface area contributed by atoms with Gasteiger partial charge in [-0.3, -0.25) is 0 Å². The van der Waals surface area contributed by atoms with Crippen molar-refractivity contribution in [3.05, 3.63) is 35.3 Å². The number of aliphatic imine (C=N–C) groups is 1. The molecule has 1 atom stereocenters. The van der Waals surface area contributed by atoms with Gasteiger partial charge in [0.1, 0.15) is 10.8 Å². The van der Waals surface area contributed by atoms with Crippen molar-refractivity contribution in [1.29, 1.82) is 0 Å².